The predicted octanol–water partition coefficient (Wildman–Crippen LogP) is 0.221. The number of carbonyl (C=O) groups is 1. The number of amides is 2. The summed E-state index contributed by atoms with van der Waals surface area (Å²) in [4.78, 5) is 15.8. The number of halogens is 1. The zero-order valence-electron chi connectivity index (χ0n) is 11.4. The van der Waals surface area contributed by atoms with E-state index in [-0.39, 0.29) is 18.4 Å². The molecule has 1 aromatic carbocycles. The second kappa shape index (κ2) is 6.28. The highest BCUT2D eigenvalue weighted by Gasteiger charge is 2.04. The summed E-state index contributed by atoms with van der Waals surface area (Å²) in [5.41, 5.74) is 2.54. The van der Waals surface area contributed by atoms with Crippen LogP contribution in [0.5, 0.6) is 0 Å². The van der Waals surface area contributed by atoms with Gasteiger partial charge in [0.05, 0.1) is 11.9 Å². The number of nitrogens with one attached hydrogen (secondary N) is 2. The van der Waals surface area contributed by atoms with Gasteiger partial charge in [-0.25, -0.2) is 4.79 Å². The summed E-state index contributed by atoms with van der Waals surface area (Å²) in [7, 11) is 1.99. The van der Waals surface area contributed by atoms with Crippen molar-refractivity contribution in [1.29, 1.82) is 0 Å². The fourth-order valence-electron chi connectivity index (χ4n) is 2.09. The SMILES string of the molecule is Cn1ccc2cc(NC(=O)Nc3cccnc3)ccc21.[Cl-]. The maximum absolute atomic E-state index is 11.9. The highest BCUT2D eigenvalue weighted by atomic mass is 35.5. The molecule has 0 bridgehead atoms. The number of urea groups is 1. The minimum Gasteiger partial charge on any atom is -1.00 e. The first kappa shape index (κ1) is 14.9. The summed E-state index contributed by atoms with van der Waals surface area (Å²) >= 11 is 0. The first-order valence-corrected chi connectivity index (χ1v) is 6.25. The second-order valence-electron chi connectivity index (χ2n) is 4.52. The number of aryl methyl sites for hydroxylation is 1. The van der Waals surface area contributed by atoms with Gasteiger partial charge in [-0.2, -0.15) is 0 Å². The van der Waals surface area contributed by atoms with Gasteiger partial charge in [0, 0.05) is 36.0 Å². The number of hydrogen-bond acceptors (Lipinski definition) is 2. The van der Waals surface area contributed by atoms with E-state index in [0.29, 0.717) is 5.69 Å². The maximum atomic E-state index is 11.9. The molecule has 0 unspecified atom stereocenters. The van der Waals surface area contributed by atoms with Gasteiger partial charge in [-0.05, 0) is 36.4 Å². The number of aromatic nitrogens is 2. The summed E-state index contributed by atoms with van der Waals surface area (Å²) in [6.07, 6.45) is 5.25. The summed E-state index contributed by atoms with van der Waals surface area (Å²) in [5.74, 6) is 0. The van der Waals surface area contributed by atoms with Gasteiger partial charge in [0.1, 0.15) is 0 Å². The van der Waals surface area contributed by atoms with Crippen molar-refractivity contribution in [3.63, 3.8) is 0 Å². The first-order valence-electron chi connectivity index (χ1n) is 6.25. The Morgan fingerprint density at radius 3 is 2.71 bits per heavy atom. The summed E-state index contributed by atoms with van der Waals surface area (Å²) in [6, 6.07) is 11.1. The third-order valence-corrected chi connectivity index (χ3v) is 3.06. The van der Waals surface area contributed by atoms with Crippen molar-refractivity contribution in [2.24, 2.45) is 7.05 Å². The van der Waals surface area contributed by atoms with E-state index in [9.17, 15) is 4.79 Å². The van der Waals surface area contributed by atoms with Gasteiger partial charge in [-0.1, -0.05) is 0 Å². The van der Waals surface area contributed by atoms with Gasteiger partial charge in [0.25, 0.3) is 0 Å². The van der Waals surface area contributed by atoms with Crippen LogP contribution in [0.4, 0.5) is 16.2 Å². The van der Waals surface area contributed by atoms with E-state index in [2.05, 4.69) is 15.6 Å². The van der Waals surface area contributed by atoms with Crippen LogP contribution in [0.15, 0.2) is 55.0 Å². The van der Waals surface area contributed by atoms with Gasteiger partial charge in [-0.15, -0.1) is 0 Å². The molecule has 0 atom stereocenters. The molecule has 2 amide bonds. The molecule has 6 heteroatoms. The molecule has 0 spiro atoms. The van der Waals surface area contributed by atoms with Gasteiger partial charge in [-0.3, -0.25) is 4.98 Å². The molecular weight excluding hydrogens is 288 g/mol. The monoisotopic (exact) mass is 301 g/mol. The van der Waals surface area contributed by atoms with Gasteiger partial charge < -0.3 is 27.6 Å². The highest BCUT2D eigenvalue weighted by molar-refractivity contribution is 6.00. The van der Waals surface area contributed by atoms with Crippen LogP contribution in [0.3, 0.4) is 0 Å². The van der Waals surface area contributed by atoms with Crippen molar-refractivity contribution in [2.45, 2.75) is 0 Å². The molecule has 3 rings (SSSR count). The maximum Gasteiger partial charge on any atom is 0.323 e. The van der Waals surface area contributed by atoms with E-state index in [0.717, 1.165) is 16.6 Å². The number of carbonyl (C=O) groups excluding carboxylic acids is 1. The third kappa shape index (κ3) is 3.32. The second-order valence-corrected chi connectivity index (χ2v) is 4.52. The Bertz CT molecular complexity index is 755. The Kier molecular flexibility index (Phi) is 4.45. The zero-order chi connectivity index (χ0) is 13.9. The molecule has 0 radical (unpaired) electrons. The minimum atomic E-state index is -0.284. The van der Waals surface area contributed by atoms with Crippen LogP contribution in [-0.4, -0.2) is 15.6 Å². The molecule has 21 heavy (non-hydrogen) atoms. The Hall–Kier alpha value is -2.53. The molecule has 0 aliphatic carbocycles. The largest absolute Gasteiger partial charge is 1.00 e. The fourth-order valence-corrected chi connectivity index (χ4v) is 2.09. The molecule has 0 aliphatic heterocycles. The van der Waals surface area contributed by atoms with Gasteiger partial charge >= 0.3 is 6.03 Å². The number of anilines is 2. The van der Waals surface area contributed by atoms with Gasteiger partial charge in [0.15, 0.2) is 0 Å². The van der Waals surface area contributed by atoms with Crippen LogP contribution in [0, 0.1) is 0 Å². The standard InChI is InChI=1S/C15H14N4O.ClH/c1-19-8-6-11-9-12(4-5-14(11)19)17-15(20)18-13-3-2-7-16-10-13;/h2-10H,1H3,(H2,17,18,20);1H/p-1. The molecule has 2 aromatic heterocycles. The Labute approximate surface area is 128 Å². The van der Waals surface area contributed by atoms with E-state index in [1.807, 2.05) is 42.1 Å². The average molecular weight is 302 g/mol. The van der Waals surface area contributed by atoms with Crippen LogP contribution in [0.2, 0.25) is 0 Å². The van der Waals surface area contributed by atoms with Crippen molar-refractivity contribution in [3.8, 4) is 0 Å². The molecule has 108 valence electrons. The number of hydrogen-bond donors (Lipinski definition) is 2. The number of rotatable bonds is 2. The molecule has 0 saturated carbocycles. The molecule has 0 aliphatic rings. The quantitative estimate of drug-likeness (QED) is 0.711. The molecule has 2 heterocycles. The van der Waals surface area contributed by atoms with Crippen LogP contribution in [0.1, 0.15) is 0 Å². The summed E-state index contributed by atoms with van der Waals surface area (Å²) < 4.78 is 2.04. The average Bonchev–Trinajstić information content (AvgIpc) is 2.81. The third-order valence-electron chi connectivity index (χ3n) is 3.06. The number of fused-ring (bicyclic) bond motifs is 1. The predicted molar refractivity (Wildman–Crippen MR) is 79.8 cm³/mol. The van der Waals surface area contributed by atoms with Crippen molar-refractivity contribution in [1.82, 2.24) is 9.55 Å². The van der Waals surface area contributed by atoms with Crippen LogP contribution in [-0.2, 0) is 7.05 Å². The molecule has 2 N–H and O–H groups in total. The van der Waals surface area contributed by atoms with E-state index < -0.39 is 0 Å². The minimum absolute atomic E-state index is 0. The lowest BCUT2D eigenvalue weighted by atomic mass is 10.2. The van der Waals surface area contributed by atoms with Crippen LogP contribution < -0.4 is 23.0 Å². The lowest BCUT2D eigenvalue weighted by molar-refractivity contribution is -0.00000699. The number of pyridine rings is 1. The Morgan fingerprint density at radius 1 is 1.14 bits per heavy atom. The topological polar surface area (TPSA) is 59.0 Å². The number of nitrogens with zero attached hydrogens (tertiary/aromatic N) is 2. The molecule has 0 saturated heterocycles. The van der Waals surface area contributed by atoms with E-state index in [1.54, 1.807) is 24.5 Å². The molecule has 0 fully saturated rings. The van der Waals surface area contributed by atoms with Crippen LogP contribution >= 0.6 is 0 Å². The molecule has 3 aromatic rings. The summed E-state index contributed by atoms with van der Waals surface area (Å²) in [5, 5.41) is 6.62. The van der Waals surface area contributed by atoms with Crippen molar-refractivity contribution in [3.05, 3.63) is 55.0 Å². The van der Waals surface area contributed by atoms with E-state index in [1.165, 1.54) is 0 Å². The van der Waals surface area contributed by atoms with Crippen LogP contribution in [0.25, 0.3) is 10.9 Å². The van der Waals surface area contributed by atoms with Crippen molar-refractivity contribution >= 4 is 28.3 Å². The van der Waals surface area contributed by atoms with Gasteiger partial charge in [0.2, 0.25) is 0 Å². The lowest BCUT2D eigenvalue weighted by Crippen LogP contribution is -3.00. The van der Waals surface area contributed by atoms with E-state index >= 15 is 0 Å². The lowest BCUT2D eigenvalue weighted by Gasteiger charge is -2.07. The normalized spacial score (nSPS) is 9.95. The Balaban J connectivity index is 0.00000161. The fraction of sp³-hybridized carbons (Fsp3) is 0.0667. The molecular formula is C15H14ClN4O-. The van der Waals surface area contributed by atoms with Crippen molar-refractivity contribution in [2.75, 3.05) is 10.6 Å². The zero-order valence-corrected chi connectivity index (χ0v) is 12.1. The van der Waals surface area contributed by atoms with Crippen molar-refractivity contribution < 1.29 is 17.2 Å². The summed E-state index contributed by atoms with van der Waals surface area (Å²) in [6.45, 7) is 0. The first-order chi connectivity index (χ1) is 9.72. The van der Waals surface area contributed by atoms with E-state index in [4.69, 9.17) is 0 Å². The number of benzene rings is 1. The smallest absolute Gasteiger partial charge is 0.323 e. The highest BCUT2D eigenvalue weighted by Crippen LogP contribution is 2.19. The molecule has 5 nitrogen and oxygen atoms in total. The Morgan fingerprint density at radius 2 is 1.95 bits per heavy atom.